The van der Waals surface area contributed by atoms with Crippen LogP contribution in [0.15, 0.2) is 60.8 Å². The smallest absolute Gasteiger partial charge is 0.335 e. The zero-order chi connectivity index (χ0) is 16.9. The van der Waals surface area contributed by atoms with Crippen molar-refractivity contribution in [2.75, 3.05) is 5.32 Å². The fourth-order valence-corrected chi connectivity index (χ4v) is 2.33. The Bertz CT molecular complexity index is 860. The first-order valence-corrected chi connectivity index (χ1v) is 7.68. The lowest BCUT2D eigenvalue weighted by Crippen LogP contribution is -2.00. The van der Waals surface area contributed by atoms with Crippen molar-refractivity contribution in [2.45, 2.75) is 13.3 Å². The van der Waals surface area contributed by atoms with Crippen molar-refractivity contribution in [3.05, 3.63) is 71.9 Å². The van der Waals surface area contributed by atoms with E-state index in [1.807, 2.05) is 12.1 Å². The lowest BCUT2D eigenvalue weighted by molar-refractivity contribution is 0.0697. The third-order valence-corrected chi connectivity index (χ3v) is 3.66. The van der Waals surface area contributed by atoms with Crippen molar-refractivity contribution in [3.8, 4) is 11.4 Å². The first-order chi connectivity index (χ1) is 11.7. The van der Waals surface area contributed by atoms with Crippen LogP contribution in [0.4, 0.5) is 11.5 Å². The summed E-state index contributed by atoms with van der Waals surface area (Å²) in [6.45, 7) is 2.11. The summed E-state index contributed by atoms with van der Waals surface area (Å²) in [5, 5.41) is 12.2. The molecule has 0 aliphatic carbocycles. The van der Waals surface area contributed by atoms with E-state index in [1.165, 1.54) is 5.56 Å². The van der Waals surface area contributed by atoms with Gasteiger partial charge in [0.05, 0.1) is 5.56 Å². The van der Waals surface area contributed by atoms with Crippen LogP contribution in [0.5, 0.6) is 0 Å². The highest BCUT2D eigenvalue weighted by atomic mass is 16.4. The fraction of sp³-hybridized carbons (Fsp3) is 0.105. The number of hydrogen-bond acceptors (Lipinski definition) is 4. The van der Waals surface area contributed by atoms with Crippen LogP contribution in [-0.2, 0) is 6.42 Å². The minimum Gasteiger partial charge on any atom is -0.478 e. The summed E-state index contributed by atoms with van der Waals surface area (Å²) >= 11 is 0. The SMILES string of the molecule is CCc1ccc(-c2nccc(Nc3cccc(C(=O)O)c3)n2)cc1. The van der Waals surface area contributed by atoms with Crippen LogP contribution in [-0.4, -0.2) is 21.0 Å². The summed E-state index contributed by atoms with van der Waals surface area (Å²) in [5.41, 5.74) is 3.10. The zero-order valence-electron chi connectivity index (χ0n) is 13.2. The molecule has 0 aliphatic rings. The molecule has 5 nitrogen and oxygen atoms in total. The molecule has 24 heavy (non-hydrogen) atoms. The lowest BCUT2D eigenvalue weighted by atomic mass is 10.1. The highest BCUT2D eigenvalue weighted by Gasteiger charge is 2.06. The molecule has 0 aliphatic heterocycles. The van der Waals surface area contributed by atoms with Gasteiger partial charge in [-0.15, -0.1) is 0 Å². The number of carbonyl (C=O) groups is 1. The van der Waals surface area contributed by atoms with Crippen LogP contribution in [0.25, 0.3) is 11.4 Å². The second-order valence-electron chi connectivity index (χ2n) is 5.33. The molecule has 0 spiro atoms. The van der Waals surface area contributed by atoms with Crippen molar-refractivity contribution in [3.63, 3.8) is 0 Å². The van der Waals surface area contributed by atoms with Crippen molar-refractivity contribution in [1.29, 1.82) is 0 Å². The van der Waals surface area contributed by atoms with Gasteiger partial charge in [-0.3, -0.25) is 0 Å². The Balaban J connectivity index is 1.85. The van der Waals surface area contributed by atoms with Gasteiger partial charge in [0.25, 0.3) is 0 Å². The molecule has 0 saturated carbocycles. The minimum atomic E-state index is -0.960. The molecule has 2 aromatic carbocycles. The van der Waals surface area contributed by atoms with E-state index < -0.39 is 5.97 Å². The van der Waals surface area contributed by atoms with Crippen LogP contribution in [0.2, 0.25) is 0 Å². The van der Waals surface area contributed by atoms with Crippen LogP contribution in [0.1, 0.15) is 22.8 Å². The highest BCUT2D eigenvalue weighted by Crippen LogP contribution is 2.20. The van der Waals surface area contributed by atoms with Crippen LogP contribution < -0.4 is 5.32 Å². The Kier molecular flexibility index (Phi) is 4.52. The maximum atomic E-state index is 11.0. The third kappa shape index (κ3) is 3.57. The molecule has 0 saturated heterocycles. The summed E-state index contributed by atoms with van der Waals surface area (Å²) in [6.07, 6.45) is 2.67. The number of benzene rings is 2. The predicted molar refractivity (Wildman–Crippen MR) is 93.5 cm³/mol. The molecule has 120 valence electrons. The molecule has 1 aromatic heterocycles. The van der Waals surface area contributed by atoms with E-state index in [2.05, 4.69) is 34.3 Å². The Morgan fingerprint density at radius 1 is 1.12 bits per heavy atom. The Hall–Kier alpha value is -3.21. The van der Waals surface area contributed by atoms with Gasteiger partial charge < -0.3 is 10.4 Å². The minimum absolute atomic E-state index is 0.226. The molecular formula is C19H17N3O2. The van der Waals surface area contributed by atoms with Crippen molar-refractivity contribution >= 4 is 17.5 Å². The summed E-state index contributed by atoms with van der Waals surface area (Å²) in [6, 6.07) is 16.5. The standard InChI is InChI=1S/C19H17N3O2/c1-2-13-6-8-14(9-7-13)18-20-11-10-17(22-18)21-16-5-3-4-15(12-16)19(23)24/h3-12H,2H2,1H3,(H,23,24)(H,20,21,22). The van der Waals surface area contributed by atoms with Crippen molar-refractivity contribution < 1.29 is 9.90 Å². The number of hydrogen-bond donors (Lipinski definition) is 2. The number of nitrogens with zero attached hydrogens (tertiary/aromatic N) is 2. The Morgan fingerprint density at radius 2 is 1.92 bits per heavy atom. The van der Waals surface area contributed by atoms with Gasteiger partial charge in [0.15, 0.2) is 5.82 Å². The molecule has 2 N–H and O–H groups in total. The van der Waals surface area contributed by atoms with Crippen molar-refractivity contribution in [1.82, 2.24) is 9.97 Å². The largest absolute Gasteiger partial charge is 0.478 e. The zero-order valence-corrected chi connectivity index (χ0v) is 13.2. The van der Waals surface area contributed by atoms with Crippen LogP contribution >= 0.6 is 0 Å². The normalized spacial score (nSPS) is 10.4. The van der Waals surface area contributed by atoms with Crippen molar-refractivity contribution in [2.24, 2.45) is 0 Å². The summed E-state index contributed by atoms with van der Waals surface area (Å²) in [5.74, 6) is 0.275. The van der Waals surface area contributed by atoms with E-state index in [0.717, 1.165) is 12.0 Å². The molecule has 0 bridgehead atoms. The number of carboxylic acids is 1. The second kappa shape index (κ2) is 6.91. The molecule has 0 amide bonds. The van der Waals surface area contributed by atoms with E-state index in [9.17, 15) is 4.79 Å². The van der Waals surface area contributed by atoms with Crippen LogP contribution in [0, 0.1) is 0 Å². The number of rotatable bonds is 5. The Labute approximate surface area is 140 Å². The molecule has 1 heterocycles. The van der Waals surface area contributed by atoms with E-state index >= 15 is 0 Å². The molecule has 0 radical (unpaired) electrons. The lowest BCUT2D eigenvalue weighted by Gasteiger charge is -2.08. The van der Waals surface area contributed by atoms with Gasteiger partial charge in [-0.25, -0.2) is 14.8 Å². The van der Waals surface area contributed by atoms with Gasteiger partial charge in [0.1, 0.15) is 5.82 Å². The molecular weight excluding hydrogens is 302 g/mol. The van der Waals surface area contributed by atoms with E-state index in [-0.39, 0.29) is 5.56 Å². The fourth-order valence-electron chi connectivity index (χ4n) is 2.33. The van der Waals surface area contributed by atoms with Crippen LogP contribution in [0.3, 0.4) is 0 Å². The molecule has 3 aromatic rings. The van der Waals surface area contributed by atoms with Gasteiger partial charge >= 0.3 is 5.97 Å². The molecule has 5 heteroatoms. The van der Waals surface area contributed by atoms with E-state index in [4.69, 9.17) is 5.11 Å². The third-order valence-electron chi connectivity index (χ3n) is 3.66. The summed E-state index contributed by atoms with van der Waals surface area (Å²) in [4.78, 5) is 19.8. The quantitative estimate of drug-likeness (QED) is 0.739. The van der Waals surface area contributed by atoms with Gasteiger partial charge in [-0.2, -0.15) is 0 Å². The maximum absolute atomic E-state index is 11.0. The van der Waals surface area contributed by atoms with Gasteiger partial charge in [-0.05, 0) is 36.2 Å². The van der Waals surface area contributed by atoms with E-state index in [0.29, 0.717) is 17.3 Å². The topological polar surface area (TPSA) is 75.1 Å². The molecule has 0 atom stereocenters. The highest BCUT2D eigenvalue weighted by molar-refractivity contribution is 5.89. The van der Waals surface area contributed by atoms with E-state index in [1.54, 1.807) is 36.5 Å². The predicted octanol–water partition coefficient (Wildman–Crippen LogP) is 4.15. The average molecular weight is 319 g/mol. The van der Waals surface area contributed by atoms with Gasteiger partial charge in [0.2, 0.25) is 0 Å². The molecule has 0 unspecified atom stereocenters. The number of aryl methyl sites for hydroxylation is 1. The number of aromatic carboxylic acids is 1. The summed E-state index contributed by atoms with van der Waals surface area (Å²) < 4.78 is 0. The molecule has 0 fully saturated rings. The number of aromatic nitrogens is 2. The Morgan fingerprint density at radius 3 is 2.62 bits per heavy atom. The number of carboxylic acid groups (broad SMARTS) is 1. The van der Waals surface area contributed by atoms with Gasteiger partial charge in [-0.1, -0.05) is 37.3 Å². The molecule has 3 rings (SSSR count). The first-order valence-electron chi connectivity index (χ1n) is 7.68. The first kappa shape index (κ1) is 15.7. The summed E-state index contributed by atoms with van der Waals surface area (Å²) in [7, 11) is 0. The number of nitrogens with one attached hydrogen (secondary N) is 1. The average Bonchev–Trinajstić information content (AvgIpc) is 2.62. The maximum Gasteiger partial charge on any atom is 0.335 e. The second-order valence-corrected chi connectivity index (χ2v) is 5.33. The number of anilines is 2. The monoisotopic (exact) mass is 319 g/mol. The van der Waals surface area contributed by atoms with Gasteiger partial charge in [0, 0.05) is 17.4 Å².